The van der Waals surface area contributed by atoms with E-state index in [2.05, 4.69) is 5.32 Å². The molecule has 1 N–H and O–H groups in total. The predicted octanol–water partition coefficient (Wildman–Crippen LogP) is 4.98. The second-order valence-electron chi connectivity index (χ2n) is 8.97. The van der Waals surface area contributed by atoms with Crippen LogP contribution in [0.4, 0.5) is 9.18 Å². The Hall–Kier alpha value is -2.17. The van der Waals surface area contributed by atoms with Crippen LogP contribution >= 0.6 is 0 Å². The Kier molecular flexibility index (Phi) is 5.92. The van der Waals surface area contributed by atoms with Gasteiger partial charge in [-0.25, -0.2) is 9.18 Å². The molecule has 3 atom stereocenters. The third kappa shape index (κ3) is 4.81. The lowest BCUT2D eigenvalue weighted by molar-refractivity contribution is -0.122. The summed E-state index contributed by atoms with van der Waals surface area (Å²) in [6.45, 7) is 5.53. The summed E-state index contributed by atoms with van der Waals surface area (Å²) in [6, 6.07) is 0. The van der Waals surface area contributed by atoms with Gasteiger partial charge in [0.15, 0.2) is 0 Å². The maximum absolute atomic E-state index is 13.9. The van der Waals surface area contributed by atoms with Crippen molar-refractivity contribution in [2.45, 2.75) is 70.2 Å². The number of Topliss-reactive ketones (excluding diaryl/α,β-unsaturated/α-hetero) is 1. The minimum Gasteiger partial charge on any atom is -0.444 e. The highest BCUT2D eigenvalue weighted by molar-refractivity contribution is 5.84. The summed E-state index contributed by atoms with van der Waals surface area (Å²) in [6.07, 6.45) is 14.7. The first-order valence-corrected chi connectivity index (χ1v) is 10.1. The van der Waals surface area contributed by atoms with Crippen molar-refractivity contribution < 1.29 is 18.7 Å². The smallest absolute Gasteiger partial charge is 0.408 e. The number of amides is 1. The van der Waals surface area contributed by atoms with E-state index in [9.17, 15) is 14.0 Å². The highest BCUT2D eigenvalue weighted by Crippen LogP contribution is 2.41. The van der Waals surface area contributed by atoms with E-state index in [4.69, 9.17) is 4.74 Å². The summed E-state index contributed by atoms with van der Waals surface area (Å²) in [5.41, 5.74) is 0.103. The van der Waals surface area contributed by atoms with Gasteiger partial charge in [0.05, 0.1) is 5.54 Å². The van der Waals surface area contributed by atoms with Crippen molar-refractivity contribution in [3.8, 4) is 0 Å². The number of nitrogens with one attached hydrogen (secondary N) is 1. The molecule has 0 aliphatic heterocycles. The summed E-state index contributed by atoms with van der Waals surface area (Å²) in [5, 5.41) is 3.04. The number of halogens is 1. The summed E-state index contributed by atoms with van der Waals surface area (Å²) in [5.74, 6) is -0.543. The molecule has 3 unspecified atom stereocenters. The van der Waals surface area contributed by atoms with Gasteiger partial charge in [-0.3, -0.25) is 4.79 Å². The minimum absolute atomic E-state index is 0.0573. The maximum atomic E-state index is 13.9. The van der Waals surface area contributed by atoms with Crippen LogP contribution < -0.4 is 5.32 Å². The maximum Gasteiger partial charge on any atom is 0.408 e. The Morgan fingerprint density at radius 3 is 2.46 bits per heavy atom. The van der Waals surface area contributed by atoms with Gasteiger partial charge in [-0.1, -0.05) is 42.5 Å². The molecule has 0 saturated heterocycles. The topological polar surface area (TPSA) is 55.4 Å². The van der Waals surface area contributed by atoms with Gasteiger partial charge in [0, 0.05) is 18.3 Å². The third-order valence-electron chi connectivity index (χ3n) is 5.62. The first-order chi connectivity index (χ1) is 13.2. The molecule has 0 aromatic carbocycles. The second-order valence-corrected chi connectivity index (χ2v) is 8.97. The number of carbonyl (C=O) groups is 2. The molecule has 0 radical (unpaired) electrons. The Bertz CT molecular complexity index is 737. The molecule has 0 heterocycles. The number of alkyl carbamates (subject to hydrolysis) is 1. The SMILES string of the molecule is CC(C)(C)OC(=O)NC1(C2=CCC(C(=O)CC3C=CC=CC3F)C=C2)CCC1. The average molecular weight is 387 g/mol. The third-order valence-corrected chi connectivity index (χ3v) is 5.62. The van der Waals surface area contributed by atoms with Gasteiger partial charge in [0.2, 0.25) is 0 Å². The van der Waals surface area contributed by atoms with E-state index in [1.807, 2.05) is 39.0 Å². The summed E-state index contributed by atoms with van der Waals surface area (Å²) >= 11 is 0. The van der Waals surface area contributed by atoms with Crippen molar-refractivity contribution in [2.24, 2.45) is 11.8 Å². The number of hydrogen-bond acceptors (Lipinski definition) is 3. The molecular formula is C23H30FNO3. The fourth-order valence-corrected chi connectivity index (χ4v) is 3.92. The van der Waals surface area contributed by atoms with E-state index in [1.165, 1.54) is 6.08 Å². The number of allylic oxidation sites excluding steroid dienone is 6. The predicted molar refractivity (Wildman–Crippen MR) is 108 cm³/mol. The van der Waals surface area contributed by atoms with Gasteiger partial charge < -0.3 is 10.1 Å². The largest absolute Gasteiger partial charge is 0.444 e. The monoisotopic (exact) mass is 387 g/mol. The lowest BCUT2D eigenvalue weighted by Crippen LogP contribution is -2.55. The number of carbonyl (C=O) groups excluding carboxylic acids is 2. The first-order valence-electron chi connectivity index (χ1n) is 10.1. The molecule has 1 saturated carbocycles. The molecule has 152 valence electrons. The molecule has 1 amide bonds. The van der Waals surface area contributed by atoms with Crippen LogP contribution in [0.25, 0.3) is 0 Å². The summed E-state index contributed by atoms with van der Waals surface area (Å²) in [7, 11) is 0. The zero-order valence-electron chi connectivity index (χ0n) is 16.9. The molecule has 3 aliphatic rings. The van der Waals surface area contributed by atoms with Crippen LogP contribution in [0.2, 0.25) is 0 Å². The highest BCUT2D eigenvalue weighted by atomic mass is 19.1. The Balaban J connectivity index is 1.58. The first kappa shape index (κ1) is 20.6. The highest BCUT2D eigenvalue weighted by Gasteiger charge is 2.42. The Morgan fingerprint density at radius 1 is 1.21 bits per heavy atom. The Labute approximate surface area is 166 Å². The van der Waals surface area contributed by atoms with Gasteiger partial charge in [0.1, 0.15) is 17.6 Å². The van der Waals surface area contributed by atoms with E-state index in [1.54, 1.807) is 18.2 Å². The van der Waals surface area contributed by atoms with Crippen LogP contribution in [0, 0.1) is 11.8 Å². The standard InChI is InChI=1S/C23H30FNO3/c1-22(2,3)28-21(27)25-23(13-6-14-23)18-11-9-16(10-12-18)20(26)15-17-7-4-5-8-19(17)24/h4-5,7-9,11-12,16-17,19H,6,10,13-15H2,1-3H3,(H,25,27). The van der Waals surface area contributed by atoms with E-state index in [0.29, 0.717) is 6.42 Å². The number of rotatable bonds is 5. The second kappa shape index (κ2) is 8.06. The molecule has 28 heavy (non-hydrogen) atoms. The molecule has 4 nitrogen and oxygen atoms in total. The number of ether oxygens (including phenoxy) is 1. The van der Waals surface area contributed by atoms with Crippen LogP contribution in [0.3, 0.4) is 0 Å². The van der Waals surface area contributed by atoms with Gasteiger partial charge in [-0.15, -0.1) is 0 Å². The fourth-order valence-electron chi connectivity index (χ4n) is 3.92. The molecule has 5 heteroatoms. The van der Waals surface area contributed by atoms with Gasteiger partial charge in [-0.05, 0) is 52.0 Å². The molecule has 0 spiro atoms. The lowest BCUT2D eigenvalue weighted by atomic mass is 9.69. The lowest BCUT2D eigenvalue weighted by Gasteiger charge is -2.44. The molecule has 0 aromatic rings. The molecular weight excluding hydrogens is 357 g/mol. The normalized spacial score (nSPS) is 28.3. The van der Waals surface area contributed by atoms with Crippen LogP contribution in [0.15, 0.2) is 48.1 Å². The molecule has 0 bridgehead atoms. The number of ketones is 1. The fraction of sp³-hybridized carbons (Fsp3) is 0.565. The van der Waals surface area contributed by atoms with E-state index in [0.717, 1.165) is 24.8 Å². The van der Waals surface area contributed by atoms with Crippen molar-refractivity contribution in [1.82, 2.24) is 5.32 Å². The molecule has 3 rings (SSSR count). The zero-order valence-corrected chi connectivity index (χ0v) is 16.9. The van der Waals surface area contributed by atoms with E-state index < -0.39 is 23.4 Å². The van der Waals surface area contributed by atoms with Crippen molar-refractivity contribution in [2.75, 3.05) is 0 Å². The van der Waals surface area contributed by atoms with Gasteiger partial charge >= 0.3 is 6.09 Å². The molecule has 0 aromatic heterocycles. The molecule has 1 fully saturated rings. The van der Waals surface area contributed by atoms with Crippen LogP contribution in [-0.2, 0) is 9.53 Å². The number of alkyl halides is 1. The van der Waals surface area contributed by atoms with Crippen LogP contribution in [-0.4, -0.2) is 29.2 Å². The van der Waals surface area contributed by atoms with E-state index in [-0.39, 0.29) is 24.0 Å². The average Bonchev–Trinajstić information content (AvgIpc) is 2.59. The van der Waals surface area contributed by atoms with Crippen molar-refractivity contribution in [3.63, 3.8) is 0 Å². The van der Waals surface area contributed by atoms with Crippen molar-refractivity contribution >= 4 is 11.9 Å². The van der Waals surface area contributed by atoms with Crippen molar-refractivity contribution in [3.05, 3.63) is 48.1 Å². The van der Waals surface area contributed by atoms with Crippen LogP contribution in [0.5, 0.6) is 0 Å². The Morgan fingerprint density at radius 2 is 1.93 bits per heavy atom. The van der Waals surface area contributed by atoms with Crippen LogP contribution in [0.1, 0.15) is 52.9 Å². The molecule has 3 aliphatic carbocycles. The van der Waals surface area contributed by atoms with Gasteiger partial charge in [0.25, 0.3) is 0 Å². The summed E-state index contributed by atoms with van der Waals surface area (Å²) in [4.78, 5) is 24.8. The number of hydrogen-bond donors (Lipinski definition) is 1. The zero-order chi connectivity index (χ0) is 20.4. The quantitative estimate of drug-likeness (QED) is 0.724. The van der Waals surface area contributed by atoms with Gasteiger partial charge in [-0.2, -0.15) is 0 Å². The summed E-state index contributed by atoms with van der Waals surface area (Å²) < 4.78 is 19.3. The van der Waals surface area contributed by atoms with E-state index >= 15 is 0 Å². The minimum atomic E-state index is -1.09. The van der Waals surface area contributed by atoms with Crippen molar-refractivity contribution in [1.29, 1.82) is 0 Å².